The van der Waals surface area contributed by atoms with Crippen LogP contribution < -0.4 is 22.1 Å². The number of primary amides is 2. The summed E-state index contributed by atoms with van der Waals surface area (Å²) in [6.07, 6.45) is 2.43. The summed E-state index contributed by atoms with van der Waals surface area (Å²) in [7, 11) is 1.94. The number of aryl methyl sites for hydroxylation is 1. The van der Waals surface area contributed by atoms with Crippen LogP contribution in [0.2, 0.25) is 0 Å². The SMILES string of the molecule is CC(C)C[C@@H](Nc1nnc(C(N)=O)c(Nc2cccc3c2ccn3C)n1)C(N)=O. The molecule has 0 aliphatic carbocycles. The molecule has 0 saturated heterocycles. The van der Waals surface area contributed by atoms with Crippen LogP contribution in [0.25, 0.3) is 10.9 Å². The van der Waals surface area contributed by atoms with Gasteiger partial charge in [-0.05, 0) is 30.5 Å². The number of nitrogens with one attached hydrogen (secondary N) is 2. The molecule has 0 saturated carbocycles. The van der Waals surface area contributed by atoms with E-state index in [0.717, 1.165) is 16.6 Å². The van der Waals surface area contributed by atoms with Crippen molar-refractivity contribution in [3.63, 3.8) is 0 Å². The van der Waals surface area contributed by atoms with Crippen molar-refractivity contribution < 1.29 is 9.59 Å². The third-order valence-corrected chi connectivity index (χ3v) is 4.45. The molecule has 0 unspecified atom stereocenters. The molecule has 1 aromatic carbocycles. The number of hydrogen-bond donors (Lipinski definition) is 4. The maximum atomic E-state index is 11.8. The van der Waals surface area contributed by atoms with Crippen molar-refractivity contribution in [1.29, 1.82) is 0 Å². The van der Waals surface area contributed by atoms with Crippen LogP contribution in [0.4, 0.5) is 17.5 Å². The lowest BCUT2D eigenvalue weighted by Crippen LogP contribution is -2.37. The zero-order valence-corrected chi connectivity index (χ0v) is 16.5. The van der Waals surface area contributed by atoms with Crippen LogP contribution in [0.5, 0.6) is 0 Å². The molecule has 1 atom stereocenters. The molecule has 10 heteroatoms. The molecular formula is C19H24N8O2. The number of carbonyl (C=O) groups excluding carboxylic acids is 2. The number of anilines is 3. The molecule has 0 fully saturated rings. The molecule has 6 N–H and O–H groups in total. The molecule has 29 heavy (non-hydrogen) atoms. The molecule has 0 aliphatic heterocycles. The summed E-state index contributed by atoms with van der Waals surface area (Å²) < 4.78 is 1.98. The fraction of sp³-hybridized carbons (Fsp3) is 0.316. The first kappa shape index (κ1) is 20.1. The summed E-state index contributed by atoms with van der Waals surface area (Å²) >= 11 is 0. The lowest BCUT2D eigenvalue weighted by atomic mass is 10.0. The first-order valence-electron chi connectivity index (χ1n) is 9.17. The maximum Gasteiger partial charge on any atom is 0.273 e. The van der Waals surface area contributed by atoms with Crippen molar-refractivity contribution in [3.05, 3.63) is 36.2 Å². The Morgan fingerprint density at radius 2 is 1.93 bits per heavy atom. The van der Waals surface area contributed by atoms with E-state index in [9.17, 15) is 9.59 Å². The Hall–Kier alpha value is -3.69. The van der Waals surface area contributed by atoms with Gasteiger partial charge in [0.1, 0.15) is 6.04 Å². The molecule has 10 nitrogen and oxygen atoms in total. The summed E-state index contributed by atoms with van der Waals surface area (Å²) in [5.41, 5.74) is 12.5. The third kappa shape index (κ3) is 4.42. The number of rotatable bonds is 8. The number of nitrogens with two attached hydrogens (primary N) is 2. The number of nitrogens with zero attached hydrogens (tertiary/aromatic N) is 4. The first-order valence-corrected chi connectivity index (χ1v) is 9.17. The van der Waals surface area contributed by atoms with E-state index in [4.69, 9.17) is 11.5 Å². The highest BCUT2D eigenvalue weighted by molar-refractivity contribution is 5.99. The number of fused-ring (bicyclic) bond motifs is 1. The Labute approximate surface area is 167 Å². The first-order chi connectivity index (χ1) is 13.8. The lowest BCUT2D eigenvalue weighted by molar-refractivity contribution is -0.119. The van der Waals surface area contributed by atoms with Crippen molar-refractivity contribution in [1.82, 2.24) is 19.7 Å². The molecule has 0 radical (unpaired) electrons. The van der Waals surface area contributed by atoms with Crippen LogP contribution >= 0.6 is 0 Å². The van der Waals surface area contributed by atoms with E-state index in [1.165, 1.54) is 0 Å². The second kappa shape index (κ2) is 8.13. The van der Waals surface area contributed by atoms with E-state index in [-0.39, 0.29) is 23.4 Å². The van der Waals surface area contributed by atoms with Gasteiger partial charge < -0.3 is 26.7 Å². The quantitative estimate of drug-likeness (QED) is 0.450. The predicted octanol–water partition coefficient (Wildman–Crippen LogP) is 1.52. The van der Waals surface area contributed by atoms with Gasteiger partial charge in [-0.25, -0.2) is 0 Å². The Kier molecular flexibility index (Phi) is 5.62. The summed E-state index contributed by atoms with van der Waals surface area (Å²) in [5.74, 6) is -0.856. The van der Waals surface area contributed by atoms with E-state index in [1.54, 1.807) is 0 Å². The van der Waals surface area contributed by atoms with Gasteiger partial charge >= 0.3 is 0 Å². The van der Waals surface area contributed by atoms with E-state index >= 15 is 0 Å². The monoisotopic (exact) mass is 396 g/mol. The van der Waals surface area contributed by atoms with Gasteiger partial charge in [0.05, 0.1) is 0 Å². The van der Waals surface area contributed by atoms with Crippen molar-refractivity contribution in [3.8, 4) is 0 Å². The standard InChI is InChI=1S/C19H24N8O2/c1-10(2)9-13(16(20)28)23-19-24-18(15(17(21)29)25-26-19)22-12-5-4-6-14-11(12)7-8-27(14)3/h4-8,10,13H,9H2,1-3H3,(H2,20,28)(H2,21,29)(H2,22,23,24,26)/t13-/m1/s1. The Morgan fingerprint density at radius 3 is 2.59 bits per heavy atom. The summed E-state index contributed by atoms with van der Waals surface area (Å²) in [4.78, 5) is 27.9. The maximum absolute atomic E-state index is 11.8. The number of amides is 2. The van der Waals surface area contributed by atoms with Crippen molar-refractivity contribution >= 4 is 40.2 Å². The molecule has 2 heterocycles. The smallest absolute Gasteiger partial charge is 0.273 e. The fourth-order valence-electron chi connectivity index (χ4n) is 3.05. The minimum atomic E-state index is -0.770. The normalized spacial score (nSPS) is 12.1. The van der Waals surface area contributed by atoms with E-state index in [0.29, 0.717) is 6.42 Å². The van der Waals surface area contributed by atoms with Crippen LogP contribution in [0.15, 0.2) is 30.5 Å². The van der Waals surface area contributed by atoms with Gasteiger partial charge in [0, 0.05) is 29.8 Å². The molecule has 0 spiro atoms. The molecule has 3 rings (SSSR count). The topological polar surface area (TPSA) is 154 Å². The minimum absolute atomic E-state index is 0.0715. The van der Waals surface area contributed by atoms with Crippen molar-refractivity contribution in [2.24, 2.45) is 24.4 Å². The second-order valence-electron chi connectivity index (χ2n) is 7.22. The van der Waals surface area contributed by atoms with Crippen LogP contribution in [0.3, 0.4) is 0 Å². The van der Waals surface area contributed by atoms with Gasteiger partial charge in [-0.3, -0.25) is 9.59 Å². The highest BCUT2D eigenvalue weighted by Crippen LogP contribution is 2.27. The molecular weight excluding hydrogens is 372 g/mol. The third-order valence-electron chi connectivity index (χ3n) is 4.45. The van der Waals surface area contributed by atoms with Crippen LogP contribution in [0, 0.1) is 5.92 Å². The summed E-state index contributed by atoms with van der Waals surface area (Å²) in [6.45, 7) is 3.95. The molecule has 152 valence electrons. The zero-order valence-electron chi connectivity index (χ0n) is 16.5. The Bertz CT molecular complexity index is 1060. The Morgan fingerprint density at radius 1 is 1.17 bits per heavy atom. The van der Waals surface area contributed by atoms with Crippen molar-refractivity contribution in [2.75, 3.05) is 10.6 Å². The van der Waals surface area contributed by atoms with Gasteiger partial charge in [-0.15, -0.1) is 10.2 Å². The van der Waals surface area contributed by atoms with Gasteiger partial charge in [0.25, 0.3) is 5.91 Å². The summed E-state index contributed by atoms with van der Waals surface area (Å²) in [5, 5.41) is 14.7. The molecule has 2 aromatic heterocycles. The molecule has 2 amide bonds. The van der Waals surface area contributed by atoms with E-state index in [1.807, 2.05) is 55.9 Å². The molecule has 0 bridgehead atoms. The van der Waals surface area contributed by atoms with Gasteiger partial charge in [-0.1, -0.05) is 19.9 Å². The predicted molar refractivity (Wildman–Crippen MR) is 111 cm³/mol. The van der Waals surface area contributed by atoms with Gasteiger partial charge in [-0.2, -0.15) is 4.98 Å². The average Bonchev–Trinajstić information content (AvgIpc) is 3.03. The van der Waals surface area contributed by atoms with E-state index in [2.05, 4.69) is 25.8 Å². The number of hydrogen-bond acceptors (Lipinski definition) is 7. The number of benzene rings is 1. The highest BCUT2D eigenvalue weighted by atomic mass is 16.1. The van der Waals surface area contributed by atoms with Crippen LogP contribution in [0.1, 0.15) is 30.8 Å². The van der Waals surface area contributed by atoms with Crippen LogP contribution in [-0.2, 0) is 11.8 Å². The summed E-state index contributed by atoms with van der Waals surface area (Å²) in [6, 6.07) is 6.99. The lowest BCUT2D eigenvalue weighted by Gasteiger charge is -2.18. The fourth-order valence-corrected chi connectivity index (χ4v) is 3.05. The number of carbonyl (C=O) groups is 2. The van der Waals surface area contributed by atoms with Gasteiger partial charge in [0.15, 0.2) is 11.5 Å². The van der Waals surface area contributed by atoms with E-state index < -0.39 is 17.9 Å². The Balaban J connectivity index is 1.97. The average molecular weight is 396 g/mol. The minimum Gasteiger partial charge on any atom is -0.368 e. The number of aromatic nitrogens is 4. The zero-order chi connectivity index (χ0) is 21.1. The molecule has 0 aliphatic rings. The van der Waals surface area contributed by atoms with Gasteiger partial charge in [0.2, 0.25) is 11.9 Å². The largest absolute Gasteiger partial charge is 0.368 e. The highest BCUT2D eigenvalue weighted by Gasteiger charge is 2.21. The van der Waals surface area contributed by atoms with Crippen LogP contribution in [-0.4, -0.2) is 37.6 Å². The molecule has 3 aromatic rings. The second-order valence-corrected chi connectivity index (χ2v) is 7.22. The van der Waals surface area contributed by atoms with Crippen molar-refractivity contribution in [2.45, 2.75) is 26.3 Å².